The van der Waals surface area contributed by atoms with Gasteiger partial charge in [-0.2, -0.15) is 0 Å². The minimum Gasteiger partial charge on any atom is -0.383 e. The van der Waals surface area contributed by atoms with Crippen LogP contribution in [0.1, 0.15) is 45.4 Å². The Labute approximate surface area is 123 Å². The minimum atomic E-state index is -0.642. The Hall–Kier alpha value is -1.91. The predicted octanol–water partition coefficient (Wildman–Crippen LogP) is 4.33. The van der Waals surface area contributed by atoms with Gasteiger partial charge in [-0.1, -0.05) is 33.3 Å². The van der Waals surface area contributed by atoms with Crippen molar-refractivity contribution in [3.05, 3.63) is 35.7 Å². The van der Waals surface area contributed by atoms with Crippen molar-refractivity contribution in [1.82, 2.24) is 9.55 Å². The lowest BCUT2D eigenvalue weighted by atomic mass is 10.1. The zero-order valence-corrected chi connectivity index (χ0v) is 12.7. The maximum atomic E-state index is 14.0. The molecule has 0 amide bonds. The standard InChI is InChI=1S/C16H21F2N3/c1-4-5-9-21-15(19)14(20-16(21)10(2)3)13-11(17)7-6-8-12(13)18/h6-8,10H,4-5,9,19H2,1-3H3. The van der Waals surface area contributed by atoms with Crippen molar-refractivity contribution >= 4 is 5.82 Å². The first-order valence-corrected chi connectivity index (χ1v) is 7.27. The van der Waals surface area contributed by atoms with E-state index >= 15 is 0 Å². The van der Waals surface area contributed by atoms with Gasteiger partial charge in [0, 0.05) is 12.5 Å². The van der Waals surface area contributed by atoms with Gasteiger partial charge in [0.15, 0.2) is 0 Å². The van der Waals surface area contributed by atoms with Crippen molar-refractivity contribution in [3.8, 4) is 11.3 Å². The molecule has 0 saturated heterocycles. The maximum Gasteiger partial charge on any atom is 0.135 e. The highest BCUT2D eigenvalue weighted by Crippen LogP contribution is 2.33. The normalized spacial score (nSPS) is 11.3. The fourth-order valence-electron chi connectivity index (χ4n) is 2.38. The number of aromatic nitrogens is 2. The van der Waals surface area contributed by atoms with Gasteiger partial charge in [0.05, 0.1) is 5.56 Å². The average molecular weight is 293 g/mol. The van der Waals surface area contributed by atoms with Crippen LogP contribution in [0.25, 0.3) is 11.3 Å². The molecule has 2 aromatic rings. The third kappa shape index (κ3) is 2.91. The lowest BCUT2D eigenvalue weighted by molar-refractivity contribution is 0.588. The summed E-state index contributed by atoms with van der Waals surface area (Å²) in [5, 5.41) is 0. The van der Waals surface area contributed by atoms with E-state index in [0.717, 1.165) is 18.7 Å². The largest absolute Gasteiger partial charge is 0.383 e. The van der Waals surface area contributed by atoms with E-state index in [1.165, 1.54) is 18.2 Å². The first-order valence-electron chi connectivity index (χ1n) is 7.27. The van der Waals surface area contributed by atoms with E-state index in [9.17, 15) is 8.78 Å². The molecule has 0 aliphatic carbocycles. The van der Waals surface area contributed by atoms with Crippen LogP contribution >= 0.6 is 0 Å². The second-order valence-corrected chi connectivity index (χ2v) is 5.46. The topological polar surface area (TPSA) is 43.8 Å². The van der Waals surface area contributed by atoms with Crippen LogP contribution in [0.2, 0.25) is 0 Å². The molecule has 2 N–H and O–H groups in total. The van der Waals surface area contributed by atoms with Crippen LogP contribution in [0, 0.1) is 11.6 Å². The van der Waals surface area contributed by atoms with Gasteiger partial charge < -0.3 is 10.3 Å². The summed E-state index contributed by atoms with van der Waals surface area (Å²) >= 11 is 0. The second-order valence-electron chi connectivity index (χ2n) is 5.46. The van der Waals surface area contributed by atoms with Gasteiger partial charge in [-0.05, 0) is 18.6 Å². The zero-order chi connectivity index (χ0) is 15.6. The van der Waals surface area contributed by atoms with Gasteiger partial charge in [-0.3, -0.25) is 0 Å². The summed E-state index contributed by atoms with van der Waals surface area (Å²) in [5.74, 6) is -0.0585. The highest BCUT2D eigenvalue weighted by Gasteiger charge is 2.22. The molecule has 0 saturated carbocycles. The first-order chi connectivity index (χ1) is 9.97. The Morgan fingerprint density at radius 1 is 1.24 bits per heavy atom. The van der Waals surface area contributed by atoms with E-state index in [4.69, 9.17) is 5.73 Å². The Morgan fingerprint density at radius 3 is 2.38 bits per heavy atom. The van der Waals surface area contributed by atoms with Gasteiger partial charge >= 0.3 is 0 Å². The SMILES string of the molecule is CCCCn1c(C(C)C)nc(-c2c(F)cccc2F)c1N. The molecule has 0 spiro atoms. The van der Waals surface area contributed by atoms with Crippen LogP contribution in [0.3, 0.4) is 0 Å². The van der Waals surface area contributed by atoms with Crippen molar-refractivity contribution in [2.75, 3.05) is 5.73 Å². The summed E-state index contributed by atoms with van der Waals surface area (Å²) in [7, 11) is 0. The number of hydrogen-bond donors (Lipinski definition) is 1. The number of nitrogens with two attached hydrogens (primary N) is 1. The zero-order valence-electron chi connectivity index (χ0n) is 12.7. The van der Waals surface area contributed by atoms with E-state index in [2.05, 4.69) is 11.9 Å². The molecule has 0 atom stereocenters. The maximum absolute atomic E-state index is 14.0. The molecule has 1 aromatic heterocycles. The van der Waals surface area contributed by atoms with Gasteiger partial charge in [0.2, 0.25) is 0 Å². The molecular formula is C16H21F2N3. The van der Waals surface area contributed by atoms with Crippen molar-refractivity contribution in [3.63, 3.8) is 0 Å². The molecule has 0 fully saturated rings. The summed E-state index contributed by atoms with van der Waals surface area (Å²) in [5.41, 5.74) is 6.17. The molecule has 2 rings (SSSR count). The highest BCUT2D eigenvalue weighted by molar-refractivity contribution is 5.72. The summed E-state index contributed by atoms with van der Waals surface area (Å²) in [6.45, 7) is 6.77. The Bertz CT molecular complexity index is 612. The van der Waals surface area contributed by atoms with E-state index in [0.29, 0.717) is 12.4 Å². The Morgan fingerprint density at radius 2 is 1.86 bits per heavy atom. The van der Waals surface area contributed by atoms with Crippen molar-refractivity contribution < 1.29 is 8.78 Å². The number of benzene rings is 1. The summed E-state index contributed by atoms with van der Waals surface area (Å²) in [6.07, 6.45) is 1.96. The summed E-state index contributed by atoms with van der Waals surface area (Å²) < 4.78 is 29.8. The van der Waals surface area contributed by atoms with E-state index in [-0.39, 0.29) is 17.2 Å². The number of unbranched alkanes of at least 4 members (excludes halogenated alkanes) is 1. The Balaban J connectivity index is 2.60. The Kier molecular flexibility index (Phi) is 4.60. The lowest BCUT2D eigenvalue weighted by Gasteiger charge is -2.11. The predicted molar refractivity (Wildman–Crippen MR) is 81.0 cm³/mol. The van der Waals surface area contributed by atoms with Crippen LogP contribution in [0.5, 0.6) is 0 Å². The molecule has 5 heteroatoms. The van der Waals surface area contributed by atoms with E-state index in [1.54, 1.807) is 0 Å². The molecule has 0 aliphatic heterocycles. The number of anilines is 1. The van der Waals surface area contributed by atoms with Gasteiger partial charge in [-0.25, -0.2) is 13.8 Å². The fourth-order valence-corrected chi connectivity index (χ4v) is 2.38. The average Bonchev–Trinajstić information content (AvgIpc) is 2.74. The molecule has 114 valence electrons. The lowest BCUT2D eigenvalue weighted by Crippen LogP contribution is -2.08. The van der Waals surface area contributed by atoms with E-state index in [1.807, 2.05) is 18.4 Å². The number of rotatable bonds is 5. The first kappa shape index (κ1) is 15.5. The summed E-state index contributed by atoms with van der Waals surface area (Å²) in [4.78, 5) is 4.41. The molecule has 0 radical (unpaired) electrons. The van der Waals surface area contributed by atoms with Crippen molar-refractivity contribution in [1.29, 1.82) is 0 Å². The molecule has 0 unspecified atom stereocenters. The third-order valence-electron chi connectivity index (χ3n) is 3.49. The van der Waals surface area contributed by atoms with Gasteiger partial charge in [0.25, 0.3) is 0 Å². The molecule has 0 aliphatic rings. The number of halogens is 2. The minimum absolute atomic E-state index is 0.132. The van der Waals surface area contributed by atoms with Crippen LogP contribution < -0.4 is 5.73 Å². The fraction of sp³-hybridized carbons (Fsp3) is 0.438. The monoisotopic (exact) mass is 293 g/mol. The van der Waals surface area contributed by atoms with Crippen molar-refractivity contribution in [2.24, 2.45) is 0 Å². The second kappa shape index (κ2) is 6.24. The molecular weight excluding hydrogens is 272 g/mol. The number of nitrogens with zero attached hydrogens (tertiary/aromatic N) is 2. The molecule has 0 bridgehead atoms. The highest BCUT2D eigenvalue weighted by atomic mass is 19.1. The molecule has 21 heavy (non-hydrogen) atoms. The smallest absolute Gasteiger partial charge is 0.135 e. The number of nitrogen functional groups attached to an aromatic ring is 1. The summed E-state index contributed by atoms with van der Waals surface area (Å²) in [6, 6.07) is 3.78. The van der Waals surface area contributed by atoms with Gasteiger partial charge in [0.1, 0.15) is 29.0 Å². The van der Waals surface area contributed by atoms with Gasteiger partial charge in [-0.15, -0.1) is 0 Å². The van der Waals surface area contributed by atoms with Crippen molar-refractivity contribution in [2.45, 2.75) is 46.1 Å². The number of hydrogen-bond acceptors (Lipinski definition) is 2. The van der Waals surface area contributed by atoms with Crippen LogP contribution in [0.15, 0.2) is 18.2 Å². The van der Waals surface area contributed by atoms with Crippen LogP contribution in [0.4, 0.5) is 14.6 Å². The molecule has 1 aromatic carbocycles. The molecule has 3 nitrogen and oxygen atoms in total. The number of imidazole rings is 1. The van der Waals surface area contributed by atoms with Crippen LogP contribution in [-0.2, 0) is 6.54 Å². The third-order valence-corrected chi connectivity index (χ3v) is 3.49. The van der Waals surface area contributed by atoms with Crippen LogP contribution in [-0.4, -0.2) is 9.55 Å². The molecule has 1 heterocycles. The quantitative estimate of drug-likeness (QED) is 0.891. The van der Waals surface area contributed by atoms with E-state index < -0.39 is 11.6 Å².